The molecule has 328 valence electrons. The molecular weight excluding hydrogens is 732 g/mol. The van der Waals surface area contributed by atoms with Crippen molar-refractivity contribution in [1.82, 2.24) is 0 Å². The molecule has 11 N–H and O–H groups in total. The lowest BCUT2D eigenvalue weighted by atomic mass is 9.82. The van der Waals surface area contributed by atoms with Gasteiger partial charge in [0.15, 0.2) is 12.4 Å². The SMILES string of the molecule is CCC(C)CC(C)CC(C)C(OC1OC(CO)C(O)C(O)C1O)C(C)C=C(C)C(O)C(C)C=C(C)C(O)C(C)C=C(C)C(=O)OC(CO)C(O)C(O)C(O)CO. The molecule has 1 fully saturated rings. The molecule has 0 aliphatic carbocycles. The zero-order valence-corrected chi connectivity index (χ0v) is 34.9. The fourth-order valence-electron chi connectivity index (χ4n) is 7.43. The van der Waals surface area contributed by atoms with Crippen LogP contribution in [0.25, 0.3) is 0 Å². The van der Waals surface area contributed by atoms with Crippen LogP contribution in [0.4, 0.5) is 0 Å². The lowest BCUT2D eigenvalue weighted by Gasteiger charge is -2.42. The number of aliphatic hydroxyl groups excluding tert-OH is 11. The quantitative estimate of drug-likeness (QED) is 0.0365. The number of carbonyl (C=O) groups excluding carboxylic acids is 1. The van der Waals surface area contributed by atoms with Crippen molar-refractivity contribution in [1.29, 1.82) is 0 Å². The van der Waals surface area contributed by atoms with Crippen LogP contribution in [0.1, 0.15) is 88.5 Å². The van der Waals surface area contributed by atoms with Gasteiger partial charge in [0.25, 0.3) is 0 Å². The Labute approximate surface area is 333 Å². The molecule has 15 nitrogen and oxygen atoms in total. The van der Waals surface area contributed by atoms with Crippen molar-refractivity contribution >= 4 is 5.97 Å². The minimum atomic E-state index is -1.88. The first-order valence-electron chi connectivity index (χ1n) is 19.9. The number of ether oxygens (including phenoxy) is 3. The maximum absolute atomic E-state index is 12.7. The molecule has 1 saturated heterocycles. The van der Waals surface area contributed by atoms with Gasteiger partial charge in [-0.05, 0) is 62.5 Å². The number of esters is 1. The lowest BCUT2D eigenvalue weighted by Crippen LogP contribution is -2.60. The Morgan fingerprint density at radius 2 is 1.23 bits per heavy atom. The van der Waals surface area contributed by atoms with Crippen molar-refractivity contribution in [3.63, 3.8) is 0 Å². The number of carbonyl (C=O) groups is 1. The number of hydrogen-bond acceptors (Lipinski definition) is 15. The van der Waals surface area contributed by atoms with Gasteiger partial charge in [-0.15, -0.1) is 0 Å². The molecule has 0 saturated carbocycles. The van der Waals surface area contributed by atoms with Crippen molar-refractivity contribution < 1.29 is 75.2 Å². The van der Waals surface area contributed by atoms with Gasteiger partial charge in [-0.1, -0.05) is 73.1 Å². The third-order valence-corrected chi connectivity index (χ3v) is 11.1. The van der Waals surface area contributed by atoms with Crippen LogP contribution in [0.2, 0.25) is 0 Å². The molecule has 18 atom stereocenters. The third kappa shape index (κ3) is 15.4. The maximum Gasteiger partial charge on any atom is 0.333 e. The van der Waals surface area contributed by atoms with Crippen molar-refractivity contribution in [3.8, 4) is 0 Å². The fourth-order valence-corrected chi connectivity index (χ4v) is 7.43. The number of rotatable bonds is 24. The fraction of sp³-hybridized carbons (Fsp3) is 0.829. The summed E-state index contributed by atoms with van der Waals surface area (Å²) in [6, 6.07) is 0. The molecule has 18 unspecified atom stereocenters. The Morgan fingerprint density at radius 3 is 1.73 bits per heavy atom. The first-order chi connectivity index (χ1) is 26.1. The standard InChI is InChI=1S/C41H74O15/c1-11-20(2)12-21(3)13-26(8)39(56-41-38(52)37(51)36(50)31(19-44)55-41)27(9)15-24(6)32(46)22(4)14-23(5)33(47)25(7)16-28(10)40(53)54-30(18-43)35(49)34(48)29(45)17-42/h14-16,20-22,25-27,29-39,41-52H,11-13,17-19H2,1-10H3. The highest BCUT2D eigenvalue weighted by atomic mass is 16.7. The van der Waals surface area contributed by atoms with Gasteiger partial charge >= 0.3 is 5.97 Å². The van der Waals surface area contributed by atoms with Crippen LogP contribution < -0.4 is 0 Å². The molecule has 0 spiro atoms. The van der Waals surface area contributed by atoms with Gasteiger partial charge < -0.3 is 70.4 Å². The van der Waals surface area contributed by atoms with E-state index in [4.69, 9.17) is 19.3 Å². The lowest BCUT2D eigenvalue weighted by molar-refractivity contribution is -0.317. The van der Waals surface area contributed by atoms with Gasteiger partial charge in [0.05, 0.1) is 38.1 Å². The summed E-state index contributed by atoms with van der Waals surface area (Å²) >= 11 is 0. The van der Waals surface area contributed by atoms with Crippen LogP contribution in [0.5, 0.6) is 0 Å². The van der Waals surface area contributed by atoms with Gasteiger partial charge in [0, 0.05) is 23.3 Å². The summed E-state index contributed by atoms with van der Waals surface area (Å²) in [6.45, 7) is 16.5. The number of aliphatic hydroxyl groups is 11. The summed E-state index contributed by atoms with van der Waals surface area (Å²) in [6.07, 6.45) is -8.91. The van der Waals surface area contributed by atoms with Gasteiger partial charge in [-0.25, -0.2) is 4.79 Å². The Kier molecular flexibility index (Phi) is 23.2. The van der Waals surface area contributed by atoms with E-state index >= 15 is 0 Å². The maximum atomic E-state index is 12.7. The highest BCUT2D eigenvalue weighted by Crippen LogP contribution is 2.33. The summed E-state index contributed by atoms with van der Waals surface area (Å²) in [5, 5.41) is 112. The normalized spacial score (nSPS) is 28.5. The largest absolute Gasteiger partial charge is 0.454 e. The predicted molar refractivity (Wildman–Crippen MR) is 209 cm³/mol. The van der Waals surface area contributed by atoms with Crippen molar-refractivity contribution in [2.75, 3.05) is 19.8 Å². The van der Waals surface area contributed by atoms with E-state index in [2.05, 4.69) is 20.8 Å². The molecule has 0 aromatic carbocycles. The topological polar surface area (TPSA) is 267 Å². The van der Waals surface area contributed by atoms with E-state index in [-0.39, 0.29) is 17.4 Å². The second kappa shape index (κ2) is 24.9. The van der Waals surface area contributed by atoms with Gasteiger partial charge in [-0.2, -0.15) is 0 Å². The monoisotopic (exact) mass is 807 g/mol. The van der Waals surface area contributed by atoms with Crippen molar-refractivity contribution in [2.45, 2.75) is 162 Å². The Bertz CT molecular complexity index is 1240. The molecule has 15 heteroatoms. The Morgan fingerprint density at radius 1 is 0.696 bits per heavy atom. The molecule has 1 aliphatic rings. The zero-order valence-electron chi connectivity index (χ0n) is 34.9. The minimum absolute atomic E-state index is 0.0389. The van der Waals surface area contributed by atoms with Crippen molar-refractivity contribution in [2.24, 2.45) is 35.5 Å². The summed E-state index contributed by atoms with van der Waals surface area (Å²) in [7, 11) is 0. The summed E-state index contributed by atoms with van der Waals surface area (Å²) < 4.78 is 17.2. The van der Waals surface area contributed by atoms with Crippen LogP contribution in [0.15, 0.2) is 34.9 Å². The van der Waals surface area contributed by atoms with Gasteiger partial charge in [0.1, 0.15) is 42.7 Å². The van der Waals surface area contributed by atoms with E-state index < -0.39 is 111 Å². The van der Waals surface area contributed by atoms with E-state index in [1.807, 2.05) is 19.9 Å². The molecule has 0 radical (unpaired) electrons. The second-order valence-electron chi connectivity index (χ2n) is 16.4. The predicted octanol–water partition coefficient (Wildman–Crippen LogP) is 0.718. The van der Waals surface area contributed by atoms with Crippen LogP contribution in [-0.2, 0) is 19.0 Å². The first kappa shape index (κ1) is 52.2. The van der Waals surface area contributed by atoms with Crippen LogP contribution >= 0.6 is 0 Å². The van der Waals surface area contributed by atoms with Crippen molar-refractivity contribution in [3.05, 3.63) is 34.9 Å². The molecule has 0 bridgehead atoms. The molecule has 1 heterocycles. The summed E-state index contributed by atoms with van der Waals surface area (Å²) in [5.74, 6) is -1.54. The molecule has 1 rings (SSSR count). The summed E-state index contributed by atoms with van der Waals surface area (Å²) in [4.78, 5) is 12.7. The zero-order chi connectivity index (χ0) is 43.2. The third-order valence-electron chi connectivity index (χ3n) is 11.1. The van der Waals surface area contributed by atoms with Gasteiger partial charge in [-0.3, -0.25) is 0 Å². The highest BCUT2D eigenvalue weighted by Gasteiger charge is 2.46. The first-order valence-corrected chi connectivity index (χ1v) is 19.9. The number of hydrogen-bond donors (Lipinski definition) is 11. The second-order valence-corrected chi connectivity index (χ2v) is 16.4. The average Bonchev–Trinajstić information content (AvgIpc) is 3.16. The minimum Gasteiger partial charge on any atom is -0.454 e. The van der Waals surface area contributed by atoms with E-state index in [0.29, 0.717) is 23.0 Å². The van der Waals surface area contributed by atoms with Crippen LogP contribution in [-0.4, -0.2) is 155 Å². The molecule has 56 heavy (non-hydrogen) atoms. The van der Waals surface area contributed by atoms with Crippen LogP contribution in [0.3, 0.4) is 0 Å². The Hall–Kier alpha value is -1.83. The van der Waals surface area contributed by atoms with E-state index in [1.54, 1.807) is 33.8 Å². The van der Waals surface area contributed by atoms with E-state index in [1.165, 1.54) is 13.0 Å². The molecule has 1 aliphatic heterocycles. The Balaban J connectivity index is 3.18. The van der Waals surface area contributed by atoms with E-state index in [9.17, 15) is 55.9 Å². The van der Waals surface area contributed by atoms with Crippen LogP contribution in [0, 0.1) is 35.5 Å². The summed E-state index contributed by atoms with van der Waals surface area (Å²) in [5.41, 5.74) is 1.17. The van der Waals surface area contributed by atoms with E-state index in [0.717, 1.165) is 19.3 Å². The molecule has 0 aromatic rings. The smallest absolute Gasteiger partial charge is 0.333 e. The molecule has 0 amide bonds. The highest BCUT2D eigenvalue weighted by molar-refractivity contribution is 5.88. The average molecular weight is 807 g/mol. The molecular formula is C41H74O15. The molecule has 0 aromatic heterocycles. The van der Waals surface area contributed by atoms with Gasteiger partial charge in [0.2, 0.25) is 0 Å².